The molecule has 1 N–H and O–H groups in total. The third kappa shape index (κ3) is 4.09. The van der Waals surface area contributed by atoms with Crippen molar-refractivity contribution in [3.8, 4) is 11.5 Å². The quantitative estimate of drug-likeness (QED) is 0.550. The maximum atomic E-state index is 12.9. The fourth-order valence-corrected chi connectivity index (χ4v) is 4.87. The van der Waals surface area contributed by atoms with Gasteiger partial charge in [0.2, 0.25) is 5.91 Å². The maximum Gasteiger partial charge on any atom is 0.247 e. The van der Waals surface area contributed by atoms with Crippen LogP contribution in [0.3, 0.4) is 0 Å². The number of phenols is 1. The molecule has 5 nitrogen and oxygen atoms in total. The van der Waals surface area contributed by atoms with Crippen molar-refractivity contribution in [1.82, 2.24) is 9.88 Å². The zero-order valence-electron chi connectivity index (χ0n) is 16.0. The third-order valence-corrected chi connectivity index (χ3v) is 6.33. The Labute approximate surface area is 178 Å². The van der Waals surface area contributed by atoms with Gasteiger partial charge in [-0.1, -0.05) is 23.7 Å². The number of phenolic OH excluding ortho intramolecular Hbond substituents is 1. The van der Waals surface area contributed by atoms with Gasteiger partial charge < -0.3 is 14.7 Å². The van der Waals surface area contributed by atoms with E-state index in [0.29, 0.717) is 24.5 Å². The summed E-state index contributed by atoms with van der Waals surface area (Å²) in [5.74, 6) is 0.155. The van der Waals surface area contributed by atoms with Crippen LogP contribution in [0.15, 0.2) is 42.5 Å². The summed E-state index contributed by atoms with van der Waals surface area (Å²) < 4.78 is 6.54. The lowest BCUT2D eigenvalue weighted by molar-refractivity contribution is -0.126. The van der Waals surface area contributed by atoms with E-state index in [1.54, 1.807) is 35.6 Å². The number of rotatable bonds is 5. The number of aromatic hydroxyl groups is 1. The van der Waals surface area contributed by atoms with Crippen molar-refractivity contribution in [2.45, 2.75) is 25.8 Å². The SMILES string of the molecule is CCOc1cc(/C=C/C(=O)N2CCCC2c2nc3ccccc3s2)cc(Cl)c1O. The van der Waals surface area contributed by atoms with E-state index in [1.165, 1.54) is 0 Å². The summed E-state index contributed by atoms with van der Waals surface area (Å²) in [5, 5.41) is 11.1. The van der Waals surface area contributed by atoms with Crippen LogP contribution >= 0.6 is 22.9 Å². The molecule has 29 heavy (non-hydrogen) atoms. The number of halogens is 1. The van der Waals surface area contributed by atoms with Gasteiger partial charge in [0.25, 0.3) is 0 Å². The van der Waals surface area contributed by atoms with E-state index in [2.05, 4.69) is 6.07 Å². The largest absolute Gasteiger partial charge is 0.503 e. The molecule has 1 fully saturated rings. The Kier molecular flexibility index (Phi) is 5.74. The number of para-hydroxylation sites is 1. The van der Waals surface area contributed by atoms with Gasteiger partial charge in [0.15, 0.2) is 11.5 Å². The second-order valence-corrected chi connectivity index (χ2v) is 8.29. The van der Waals surface area contributed by atoms with Gasteiger partial charge in [-0.25, -0.2) is 4.98 Å². The van der Waals surface area contributed by atoms with Crippen LogP contribution in [-0.2, 0) is 4.79 Å². The van der Waals surface area contributed by atoms with Crippen LogP contribution in [0, 0.1) is 0 Å². The molecule has 0 spiro atoms. The minimum absolute atomic E-state index is 0.00643. The third-order valence-electron chi connectivity index (χ3n) is 4.90. The molecule has 0 aliphatic carbocycles. The minimum atomic E-state index is -0.0903. The fraction of sp³-hybridized carbons (Fsp3) is 0.273. The number of carbonyl (C=O) groups excluding carboxylic acids is 1. The van der Waals surface area contributed by atoms with E-state index in [-0.39, 0.29) is 22.7 Å². The molecular formula is C22H21ClN2O3S. The molecule has 2 heterocycles. The number of carbonyl (C=O) groups is 1. The summed E-state index contributed by atoms with van der Waals surface area (Å²) in [6.07, 6.45) is 5.12. The van der Waals surface area contributed by atoms with E-state index in [9.17, 15) is 9.90 Å². The monoisotopic (exact) mass is 428 g/mol. The lowest BCUT2D eigenvalue weighted by Gasteiger charge is -2.21. The number of benzene rings is 2. The van der Waals surface area contributed by atoms with Crippen molar-refractivity contribution >= 4 is 45.1 Å². The predicted octanol–water partition coefficient (Wildman–Crippen LogP) is 5.43. The lowest BCUT2D eigenvalue weighted by atomic mass is 10.1. The standard InChI is InChI=1S/C22H21ClN2O3S/c1-2-28-18-13-14(12-15(23)21(18)27)9-10-20(26)25-11-5-7-17(25)22-24-16-6-3-4-8-19(16)29-22/h3-4,6,8-10,12-13,17,27H,2,5,7,11H2,1H3/b10-9+. The van der Waals surface area contributed by atoms with Gasteiger partial charge in [0, 0.05) is 12.6 Å². The van der Waals surface area contributed by atoms with Crippen LogP contribution in [0.25, 0.3) is 16.3 Å². The molecule has 1 unspecified atom stereocenters. The molecule has 0 bridgehead atoms. The van der Waals surface area contributed by atoms with Crippen LogP contribution in [0.5, 0.6) is 11.5 Å². The Morgan fingerprint density at radius 1 is 1.41 bits per heavy atom. The summed E-state index contributed by atoms with van der Waals surface area (Å²) in [6.45, 7) is 2.95. The molecule has 1 aliphatic rings. The first-order chi connectivity index (χ1) is 14.1. The highest BCUT2D eigenvalue weighted by Crippen LogP contribution is 2.37. The van der Waals surface area contributed by atoms with Crippen LogP contribution in [-0.4, -0.2) is 34.0 Å². The molecule has 2 aromatic carbocycles. The Balaban J connectivity index is 1.54. The Morgan fingerprint density at radius 3 is 3.03 bits per heavy atom. The number of thiazole rings is 1. The molecule has 0 saturated carbocycles. The first kappa shape index (κ1) is 19.7. The van der Waals surface area contributed by atoms with E-state index < -0.39 is 0 Å². The highest BCUT2D eigenvalue weighted by molar-refractivity contribution is 7.18. The second-order valence-electron chi connectivity index (χ2n) is 6.83. The van der Waals surface area contributed by atoms with E-state index in [4.69, 9.17) is 21.3 Å². The summed E-state index contributed by atoms with van der Waals surface area (Å²) in [4.78, 5) is 19.5. The molecule has 1 amide bonds. The Bertz CT molecular complexity index is 1050. The Hall–Kier alpha value is -2.57. The van der Waals surface area contributed by atoms with Gasteiger partial charge in [0.05, 0.1) is 27.9 Å². The predicted molar refractivity (Wildman–Crippen MR) is 117 cm³/mol. The van der Waals surface area contributed by atoms with Gasteiger partial charge in [-0.05, 0) is 55.7 Å². The summed E-state index contributed by atoms with van der Waals surface area (Å²) in [6, 6.07) is 11.3. The Morgan fingerprint density at radius 2 is 2.24 bits per heavy atom. The van der Waals surface area contributed by atoms with Crippen molar-refractivity contribution in [3.63, 3.8) is 0 Å². The normalized spacial score (nSPS) is 16.8. The zero-order chi connectivity index (χ0) is 20.4. The topological polar surface area (TPSA) is 62.7 Å². The van der Waals surface area contributed by atoms with Crippen molar-refractivity contribution in [2.75, 3.05) is 13.2 Å². The number of hydrogen-bond donors (Lipinski definition) is 1. The van der Waals surface area contributed by atoms with Crippen LogP contribution < -0.4 is 4.74 Å². The summed E-state index contributed by atoms with van der Waals surface area (Å²) >= 11 is 7.72. The van der Waals surface area contributed by atoms with Gasteiger partial charge in [-0.3, -0.25) is 4.79 Å². The second kappa shape index (κ2) is 8.43. The molecule has 1 aliphatic heterocycles. The van der Waals surface area contributed by atoms with Gasteiger partial charge in [-0.2, -0.15) is 0 Å². The summed E-state index contributed by atoms with van der Waals surface area (Å²) in [5.41, 5.74) is 1.67. The zero-order valence-corrected chi connectivity index (χ0v) is 17.5. The number of fused-ring (bicyclic) bond motifs is 1. The van der Waals surface area contributed by atoms with Crippen molar-refractivity contribution in [2.24, 2.45) is 0 Å². The van der Waals surface area contributed by atoms with Crippen molar-refractivity contribution in [3.05, 3.63) is 58.1 Å². The molecular weight excluding hydrogens is 408 g/mol. The number of hydrogen-bond acceptors (Lipinski definition) is 5. The van der Waals surface area contributed by atoms with Crippen molar-refractivity contribution in [1.29, 1.82) is 0 Å². The highest BCUT2D eigenvalue weighted by Gasteiger charge is 2.31. The number of amides is 1. The minimum Gasteiger partial charge on any atom is -0.503 e. The smallest absolute Gasteiger partial charge is 0.247 e. The molecule has 1 saturated heterocycles. The molecule has 7 heteroatoms. The van der Waals surface area contributed by atoms with E-state index in [1.807, 2.05) is 30.0 Å². The molecule has 150 valence electrons. The van der Waals surface area contributed by atoms with E-state index >= 15 is 0 Å². The van der Waals surface area contributed by atoms with Crippen LogP contribution in [0.4, 0.5) is 0 Å². The molecule has 1 aromatic heterocycles. The molecule has 4 rings (SSSR count). The molecule has 1 atom stereocenters. The fourth-order valence-electron chi connectivity index (χ4n) is 3.54. The first-order valence-corrected chi connectivity index (χ1v) is 10.8. The highest BCUT2D eigenvalue weighted by atomic mass is 35.5. The lowest BCUT2D eigenvalue weighted by Crippen LogP contribution is -2.28. The average molecular weight is 429 g/mol. The number of ether oxygens (including phenoxy) is 1. The molecule has 3 aromatic rings. The molecule has 0 radical (unpaired) electrons. The van der Waals surface area contributed by atoms with Crippen LogP contribution in [0.1, 0.15) is 36.4 Å². The number of likely N-dealkylation sites (tertiary alicyclic amines) is 1. The first-order valence-electron chi connectivity index (χ1n) is 9.56. The van der Waals surface area contributed by atoms with E-state index in [0.717, 1.165) is 28.1 Å². The van der Waals surface area contributed by atoms with Gasteiger partial charge in [-0.15, -0.1) is 11.3 Å². The van der Waals surface area contributed by atoms with Gasteiger partial charge >= 0.3 is 0 Å². The van der Waals surface area contributed by atoms with Gasteiger partial charge in [0.1, 0.15) is 5.01 Å². The number of nitrogens with zero attached hydrogens (tertiary/aromatic N) is 2. The van der Waals surface area contributed by atoms with Crippen LogP contribution in [0.2, 0.25) is 5.02 Å². The summed E-state index contributed by atoms with van der Waals surface area (Å²) in [7, 11) is 0. The maximum absolute atomic E-state index is 12.9. The average Bonchev–Trinajstić information content (AvgIpc) is 3.36. The van der Waals surface area contributed by atoms with Crippen molar-refractivity contribution < 1.29 is 14.6 Å². The number of aromatic nitrogens is 1.